The average Bonchev–Trinajstić information content (AvgIpc) is 1.54. The Morgan fingerprint density at radius 2 is 0.509 bits per heavy atom. The molecule has 5 aliphatic heterocycles. The molecule has 12 nitrogen and oxygen atoms in total. The van der Waals surface area contributed by atoms with Crippen LogP contribution in [0.2, 0.25) is 0 Å². The molecule has 0 amide bonds. The zero-order chi connectivity index (χ0) is 76.7. The zero-order valence-electron chi connectivity index (χ0n) is 66.1. The van der Waals surface area contributed by atoms with Crippen LogP contribution in [0.25, 0.3) is 88.1 Å². The fraction of sp³-hybridized carbons (Fsp3) is 0.422. The molecule has 2 aromatic heterocycles. The van der Waals surface area contributed by atoms with Gasteiger partial charge in [0.25, 0.3) is 0 Å². The standard InChI is InChI=1S/C90H102N4O8S3.Ni/c1-83(2,3)51-27-47(28-52(35-51)84(4,5)6)71-75-61-39-59-60(70(96)26-25-69(59)95)40-62(61)76(91-75)72(48-29-53(85(7,8)9)36-54(30-48)86(10,11)12)78-64-42-104(99,100)44-66(64)80(93-78)74(50-33-57(89(19,20)21)38-58(34-50)90(22,23)24)82-68-46-105(101,102)45-67(68)81(94-82)73(79-65-43-103(97,98)41-63(65)77(71)92-79)49-31-55(87(13,14)15)37-56(32-49)88(16,17)18;/h25-40H,41-46H2,1-24H3,(H2,91,92,93,94,95,96);/q;+2/p-2. The van der Waals surface area contributed by atoms with Crippen LogP contribution in [0.4, 0.5) is 11.4 Å². The molecule has 0 unspecified atom stereocenters. The number of hydrogen-bond acceptors (Lipinski definition) is 10. The summed E-state index contributed by atoms with van der Waals surface area (Å²) in [7, 11) is -11.9. The van der Waals surface area contributed by atoms with E-state index in [1.807, 2.05) is 0 Å². The van der Waals surface area contributed by atoms with Gasteiger partial charge in [-0.05, 0) is 190 Å². The molecule has 0 atom stereocenters. The van der Waals surface area contributed by atoms with Gasteiger partial charge in [0.2, 0.25) is 0 Å². The van der Waals surface area contributed by atoms with Gasteiger partial charge in [0, 0.05) is 21.5 Å². The van der Waals surface area contributed by atoms with Gasteiger partial charge >= 0.3 is 16.5 Å². The fourth-order valence-electron chi connectivity index (χ4n) is 15.7. The van der Waals surface area contributed by atoms with Crippen LogP contribution in [-0.2, 0) is 124 Å². The van der Waals surface area contributed by atoms with Crippen LogP contribution in [0.1, 0.15) is 244 Å². The second kappa shape index (κ2) is 24.4. The second-order valence-corrected chi connectivity index (χ2v) is 45.1. The first kappa shape index (κ1) is 76.6. The van der Waals surface area contributed by atoms with Gasteiger partial charge in [0.15, 0.2) is 40.4 Å². The molecule has 5 aliphatic rings. The summed E-state index contributed by atoms with van der Waals surface area (Å²) in [6.07, 6.45) is 0. The Balaban J connectivity index is 0.00000995. The van der Waals surface area contributed by atoms with Crippen molar-refractivity contribution in [1.29, 1.82) is 0 Å². The number of rotatable bonds is 4. The summed E-state index contributed by atoms with van der Waals surface area (Å²) in [5.41, 5.74) is 12.6. The SMILES string of the molecule is CC(C)(C)c1cc(-c2c3c4c(c(c(-c5cc(C(C)(C)C)cc(C(C)(C)C)c5)c5[n-]c(c6c5CS(=O)(=O)C6)c(-c5cc(C(C)(C)C)cc(C(C)(C)C)c5)c5c6cc7c(=O)ccc(=O)c7cc6c(c(-c6cc(C(C)(C)C)cc(C(C)(C)C)c6)c6[n-]c2c2c6CS(=O)(=O)C2)N=5)=N3)CS(=O)(=O)C4)cc(C(C)(C)C)c1.[Ni+2]. The topological polar surface area (TPSA) is 189 Å². The Bertz CT molecular complexity index is 6130. The van der Waals surface area contributed by atoms with Crippen LogP contribution in [0, 0.1) is 0 Å². The van der Waals surface area contributed by atoms with Gasteiger partial charge in [0.1, 0.15) is 0 Å². The van der Waals surface area contributed by atoms with Crippen molar-refractivity contribution in [3.8, 4) is 44.5 Å². The predicted octanol–water partition coefficient (Wildman–Crippen LogP) is 19.0. The van der Waals surface area contributed by atoms with Crippen molar-refractivity contribution in [2.45, 2.75) is 244 Å². The Kier molecular flexibility index (Phi) is 17.7. The van der Waals surface area contributed by atoms with Gasteiger partial charge in [0.05, 0.1) is 56.6 Å². The molecule has 0 fully saturated rings. The number of aromatic nitrogens is 2. The maximum absolute atomic E-state index is 15.4. The largest absolute Gasteiger partial charge is 2.00 e. The summed E-state index contributed by atoms with van der Waals surface area (Å²) in [6.45, 7) is 51.8. The molecule has 0 radical (unpaired) electrons. The Labute approximate surface area is 636 Å². The number of nitrogens with zero attached hydrogens (tertiary/aromatic N) is 4. The molecule has 0 aliphatic carbocycles. The van der Waals surface area contributed by atoms with Crippen LogP contribution in [0.15, 0.2) is 117 Å². The summed E-state index contributed by atoms with van der Waals surface area (Å²) >= 11 is 0. The van der Waals surface area contributed by atoms with Crippen molar-refractivity contribution in [2.24, 2.45) is 9.98 Å². The molecule has 14 rings (SSSR count). The van der Waals surface area contributed by atoms with Crippen molar-refractivity contribution in [1.82, 2.24) is 9.97 Å². The van der Waals surface area contributed by atoms with E-state index in [9.17, 15) is 9.59 Å². The van der Waals surface area contributed by atoms with Crippen LogP contribution in [0.3, 0.4) is 0 Å². The average molecular weight is 1520 g/mol. The molecule has 0 spiro atoms. The summed E-state index contributed by atoms with van der Waals surface area (Å²) in [5, 5.41) is 1.92. The van der Waals surface area contributed by atoms with Gasteiger partial charge in [-0.2, -0.15) is 0 Å². The first-order valence-corrected chi connectivity index (χ1v) is 42.3. The van der Waals surface area contributed by atoms with Crippen LogP contribution < -0.4 is 31.5 Å². The first-order chi connectivity index (χ1) is 48.0. The number of benzene rings is 6. The van der Waals surface area contributed by atoms with Gasteiger partial charge in [-0.1, -0.05) is 239 Å². The number of fused-ring (bicyclic) bond motifs is 1. The van der Waals surface area contributed by atoms with Crippen LogP contribution in [0.5, 0.6) is 0 Å². The third kappa shape index (κ3) is 13.4. The molecule has 7 aromatic carbocycles. The molecule has 16 heteroatoms. The summed E-state index contributed by atoms with van der Waals surface area (Å²) < 4.78 is 92.0. The van der Waals surface area contributed by atoms with Crippen LogP contribution >= 0.6 is 0 Å². The van der Waals surface area contributed by atoms with E-state index in [2.05, 4.69) is 239 Å². The molecule has 8 bridgehead atoms. The zero-order valence-corrected chi connectivity index (χ0v) is 69.5. The summed E-state index contributed by atoms with van der Waals surface area (Å²) in [5.74, 6) is -2.43. The third-order valence-corrected chi connectivity index (χ3v) is 26.6. The number of sulfone groups is 3. The molecular formula is C90H100N4NiO8S3. The van der Waals surface area contributed by atoms with Gasteiger partial charge in [-0.25, -0.2) is 35.2 Å². The van der Waals surface area contributed by atoms with Crippen molar-refractivity contribution < 1.29 is 41.7 Å². The van der Waals surface area contributed by atoms with E-state index in [4.69, 9.17) is 20.0 Å². The van der Waals surface area contributed by atoms with E-state index < -0.39 is 107 Å². The normalized spacial score (nSPS) is 16.3. The summed E-state index contributed by atoms with van der Waals surface area (Å²) in [6, 6.07) is 32.1. The van der Waals surface area contributed by atoms with Gasteiger partial charge in [-0.3, -0.25) is 9.59 Å². The minimum absolute atomic E-state index is 0. The Hall–Kier alpha value is -7.62. The van der Waals surface area contributed by atoms with Crippen molar-refractivity contribution >= 4 is 84.5 Å². The second-order valence-electron chi connectivity index (χ2n) is 38.9. The predicted molar refractivity (Wildman–Crippen MR) is 433 cm³/mol. The van der Waals surface area contributed by atoms with E-state index in [1.165, 1.54) is 12.1 Å². The number of hydrogen-bond donors (Lipinski definition) is 0. The minimum Gasteiger partial charge on any atom is -0.656 e. The fourth-order valence-corrected chi connectivity index (χ4v) is 20.5. The van der Waals surface area contributed by atoms with E-state index in [-0.39, 0.29) is 38.1 Å². The maximum Gasteiger partial charge on any atom is 2.00 e. The Morgan fingerprint density at radius 3 is 0.811 bits per heavy atom. The van der Waals surface area contributed by atoms with E-state index in [0.29, 0.717) is 133 Å². The monoisotopic (exact) mass is 1520 g/mol. The molecule has 9 aromatic rings. The Morgan fingerprint density at radius 1 is 0.274 bits per heavy atom. The van der Waals surface area contributed by atoms with Crippen molar-refractivity contribution in [3.63, 3.8) is 0 Å². The van der Waals surface area contributed by atoms with Gasteiger partial charge in [-0.15, -0.1) is 22.1 Å². The van der Waals surface area contributed by atoms with E-state index in [1.54, 1.807) is 12.1 Å². The smallest absolute Gasteiger partial charge is 0.656 e. The first-order valence-electron chi connectivity index (χ1n) is 36.8. The molecule has 556 valence electrons. The molecule has 0 N–H and O–H groups in total. The summed E-state index contributed by atoms with van der Waals surface area (Å²) in [4.78, 5) is 53.7. The minimum atomic E-state index is -3.97. The maximum atomic E-state index is 15.4. The molecule has 106 heavy (non-hydrogen) atoms. The third-order valence-electron chi connectivity index (χ3n) is 22.2. The molecule has 0 saturated carbocycles. The molecular weight excluding hydrogens is 1420 g/mol. The van der Waals surface area contributed by atoms with Crippen molar-refractivity contribution in [3.05, 3.63) is 206 Å². The van der Waals surface area contributed by atoms with E-state index in [0.717, 1.165) is 44.5 Å². The molecule has 7 heterocycles. The van der Waals surface area contributed by atoms with Gasteiger partial charge < -0.3 is 9.97 Å². The quantitative estimate of drug-likeness (QED) is 0.153. The van der Waals surface area contributed by atoms with Crippen molar-refractivity contribution in [2.75, 3.05) is 0 Å². The van der Waals surface area contributed by atoms with Crippen LogP contribution in [-0.4, -0.2) is 25.3 Å². The molecule has 0 saturated heterocycles. The van der Waals surface area contributed by atoms with E-state index >= 15 is 25.3 Å².